The van der Waals surface area contributed by atoms with E-state index in [1.54, 1.807) is 0 Å². The molecule has 3 atom stereocenters. The second kappa shape index (κ2) is 5.40. The summed E-state index contributed by atoms with van der Waals surface area (Å²) in [5.74, 6) is 0. The lowest BCUT2D eigenvalue weighted by atomic mass is 10.2. The summed E-state index contributed by atoms with van der Waals surface area (Å²) in [5.41, 5.74) is 0. The van der Waals surface area contributed by atoms with Crippen LogP contribution >= 0.6 is 0 Å². The van der Waals surface area contributed by atoms with E-state index in [1.165, 1.54) is 11.8 Å². The summed E-state index contributed by atoms with van der Waals surface area (Å²) in [7, 11) is 0. The van der Waals surface area contributed by atoms with Crippen molar-refractivity contribution in [1.29, 1.82) is 0 Å². The molecule has 8 heteroatoms. The highest BCUT2D eigenvalue weighted by Crippen LogP contribution is 2.12. The van der Waals surface area contributed by atoms with Crippen LogP contribution in [0.1, 0.15) is 6.92 Å². The van der Waals surface area contributed by atoms with Gasteiger partial charge in [0, 0.05) is 6.54 Å². The van der Waals surface area contributed by atoms with Crippen LogP contribution in [0.3, 0.4) is 0 Å². The molecule has 0 radical (unpaired) electrons. The Morgan fingerprint density at radius 2 is 2.47 bits per heavy atom. The maximum atomic E-state index is 10.7. The highest BCUT2D eigenvalue weighted by atomic mass is 32.2. The zero-order chi connectivity index (χ0) is 11.4. The standard InChI is InChI=1S/C7H13NO6S/c1-5(14-15(11)12)6-4-8(7(9)10)2-3-13-6/h5-6H,2-4H2,1H3,(H,9,10)(H,11,12)/p-1/t5?,6-/m0/s1. The lowest BCUT2D eigenvalue weighted by Gasteiger charge is -2.34. The third-order valence-corrected chi connectivity index (χ3v) is 2.58. The minimum absolute atomic E-state index is 0.119. The van der Waals surface area contributed by atoms with Crippen LogP contribution in [-0.2, 0) is 20.3 Å². The van der Waals surface area contributed by atoms with Crippen molar-refractivity contribution in [2.75, 3.05) is 19.7 Å². The Hall–Kier alpha value is -0.700. The third kappa shape index (κ3) is 3.74. The van der Waals surface area contributed by atoms with Crippen molar-refractivity contribution in [2.45, 2.75) is 19.1 Å². The fourth-order valence-corrected chi connectivity index (χ4v) is 1.69. The Balaban J connectivity index is 2.48. The summed E-state index contributed by atoms with van der Waals surface area (Å²) in [4.78, 5) is 11.8. The zero-order valence-electron chi connectivity index (χ0n) is 8.12. The summed E-state index contributed by atoms with van der Waals surface area (Å²) in [6.45, 7) is 2.18. The number of ether oxygens (including phenoxy) is 1. The molecule has 1 rings (SSSR count). The second-order valence-corrected chi connectivity index (χ2v) is 3.74. The predicted octanol–water partition coefficient (Wildman–Crippen LogP) is -0.436. The molecule has 0 spiro atoms. The minimum Gasteiger partial charge on any atom is -0.750 e. The SMILES string of the molecule is CC(OS(=O)[O-])[C@@H]1CN(C(=O)O)CCO1. The summed E-state index contributed by atoms with van der Waals surface area (Å²) < 4.78 is 30.2. The van der Waals surface area contributed by atoms with E-state index in [0.29, 0.717) is 6.54 Å². The molecule has 2 unspecified atom stereocenters. The molecule has 15 heavy (non-hydrogen) atoms. The van der Waals surface area contributed by atoms with Gasteiger partial charge in [-0.15, -0.1) is 0 Å². The minimum atomic E-state index is -2.62. The van der Waals surface area contributed by atoms with Crippen LogP contribution in [-0.4, -0.2) is 56.8 Å². The molecule has 0 aliphatic carbocycles. The molecule has 0 aromatic carbocycles. The number of amides is 1. The van der Waals surface area contributed by atoms with Crippen molar-refractivity contribution in [2.24, 2.45) is 0 Å². The van der Waals surface area contributed by atoms with Crippen molar-refractivity contribution in [3.05, 3.63) is 0 Å². The van der Waals surface area contributed by atoms with E-state index in [-0.39, 0.29) is 13.2 Å². The van der Waals surface area contributed by atoms with E-state index in [9.17, 15) is 13.6 Å². The quantitative estimate of drug-likeness (QED) is 0.669. The van der Waals surface area contributed by atoms with Crippen LogP contribution in [0.2, 0.25) is 0 Å². The molecule has 0 bridgehead atoms. The molecule has 1 N–H and O–H groups in total. The van der Waals surface area contributed by atoms with Crippen molar-refractivity contribution in [3.63, 3.8) is 0 Å². The Morgan fingerprint density at radius 1 is 1.80 bits per heavy atom. The van der Waals surface area contributed by atoms with Gasteiger partial charge in [-0.3, -0.25) is 4.18 Å². The topological polar surface area (TPSA) is 99.1 Å². The van der Waals surface area contributed by atoms with Crippen LogP contribution in [0.4, 0.5) is 4.79 Å². The van der Waals surface area contributed by atoms with Gasteiger partial charge < -0.3 is 19.3 Å². The molecule has 88 valence electrons. The molecule has 0 saturated carbocycles. The maximum Gasteiger partial charge on any atom is 0.407 e. The average molecular weight is 238 g/mol. The van der Waals surface area contributed by atoms with Gasteiger partial charge in [0.05, 0.1) is 30.6 Å². The van der Waals surface area contributed by atoms with Gasteiger partial charge in [0.2, 0.25) is 0 Å². The monoisotopic (exact) mass is 238 g/mol. The molecule has 0 aromatic rings. The molecule has 7 nitrogen and oxygen atoms in total. The Bertz CT molecular complexity index is 260. The molecule has 1 aliphatic heterocycles. The highest BCUT2D eigenvalue weighted by Gasteiger charge is 2.28. The molecule has 1 amide bonds. The molecular weight excluding hydrogens is 226 g/mol. The first-order valence-electron chi connectivity index (χ1n) is 4.36. The van der Waals surface area contributed by atoms with E-state index >= 15 is 0 Å². The lowest BCUT2D eigenvalue weighted by Crippen LogP contribution is -2.49. The third-order valence-electron chi connectivity index (χ3n) is 2.12. The van der Waals surface area contributed by atoms with Crippen LogP contribution in [0, 0.1) is 0 Å². The number of rotatable bonds is 3. The molecule has 0 aromatic heterocycles. The normalized spacial score (nSPS) is 26.0. The van der Waals surface area contributed by atoms with Crippen LogP contribution < -0.4 is 0 Å². The number of carbonyl (C=O) groups is 1. The largest absolute Gasteiger partial charge is 0.750 e. The average Bonchev–Trinajstić information content (AvgIpc) is 2.17. The van der Waals surface area contributed by atoms with Crippen molar-refractivity contribution in [1.82, 2.24) is 4.90 Å². The van der Waals surface area contributed by atoms with E-state index in [2.05, 4.69) is 4.18 Å². The summed E-state index contributed by atoms with van der Waals surface area (Å²) >= 11 is -2.62. The first-order chi connectivity index (χ1) is 7.00. The van der Waals surface area contributed by atoms with Gasteiger partial charge in [-0.1, -0.05) is 0 Å². The van der Waals surface area contributed by atoms with Crippen molar-refractivity contribution >= 4 is 17.5 Å². The van der Waals surface area contributed by atoms with Crippen LogP contribution in [0.15, 0.2) is 0 Å². The maximum absolute atomic E-state index is 10.7. The van der Waals surface area contributed by atoms with Crippen molar-refractivity contribution < 1.29 is 27.6 Å². The van der Waals surface area contributed by atoms with Gasteiger partial charge in [0.15, 0.2) is 0 Å². The Labute approximate surface area is 89.5 Å². The summed E-state index contributed by atoms with van der Waals surface area (Å²) in [6, 6.07) is 0. The second-order valence-electron chi connectivity index (χ2n) is 3.14. The van der Waals surface area contributed by atoms with Crippen LogP contribution in [0.5, 0.6) is 0 Å². The number of hydrogen-bond acceptors (Lipinski definition) is 5. The predicted molar refractivity (Wildman–Crippen MR) is 48.8 cm³/mol. The summed E-state index contributed by atoms with van der Waals surface area (Å²) in [6.07, 6.45) is -2.28. The zero-order valence-corrected chi connectivity index (χ0v) is 8.94. The number of hydrogen-bond donors (Lipinski definition) is 1. The number of carboxylic acid groups (broad SMARTS) is 1. The molecule has 1 saturated heterocycles. The fourth-order valence-electron chi connectivity index (χ4n) is 1.32. The first-order valence-corrected chi connectivity index (χ1v) is 5.36. The van der Waals surface area contributed by atoms with Gasteiger partial charge >= 0.3 is 6.09 Å². The van der Waals surface area contributed by atoms with Crippen LogP contribution in [0.25, 0.3) is 0 Å². The van der Waals surface area contributed by atoms with E-state index in [4.69, 9.17) is 9.84 Å². The molecule has 1 fully saturated rings. The number of morpholine rings is 1. The van der Waals surface area contributed by atoms with E-state index in [0.717, 1.165) is 0 Å². The fraction of sp³-hybridized carbons (Fsp3) is 0.857. The Kier molecular flexibility index (Phi) is 4.45. The van der Waals surface area contributed by atoms with Gasteiger partial charge in [-0.05, 0) is 6.92 Å². The highest BCUT2D eigenvalue weighted by molar-refractivity contribution is 7.74. The number of nitrogens with zero attached hydrogens (tertiary/aromatic N) is 1. The summed E-state index contributed by atoms with van der Waals surface area (Å²) in [5, 5.41) is 8.73. The lowest BCUT2D eigenvalue weighted by molar-refractivity contribution is -0.0675. The van der Waals surface area contributed by atoms with Gasteiger partial charge in [0.1, 0.15) is 6.10 Å². The van der Waals surface area contributed by atoms with Crippen molar-refractivity contribution in [3.8, 4) is 0 Å². The van der Waals surface area contributed by atoms with Gasteiger partial charge in [-0.2, -0.15) is 0 Å². The van der Waals surface area contributed by atoms with Gasteiger partial charge in [-0.25, -0.2) is 9.00 Å². The Morgan fingerprint density at radius 3 is 3.00 bits per heavy atom. The molecule has 1 aliphatic rings. The molecule has 1 heterocycles. The van der Waals surface area contributed by atoms with E-state index < -0.39 is 29.7 Å². The first kappa shape index (κ1) is 12.4. The smallest absolute Gasteiger partial charge is 0.407 e. The van der Waals surface area contributed by atoms with Gasteiger partial charge in [0.25, 0.3) is 0 Å². The molecular formula is C7H12NO6S-. The van der Waals surface area contributed by atoms with E-state index in [1.807, 2.05) is 0 Å².